The van der Waals surface area contributed by atoms with Gasteiger partial charge in [0.25, 0.3) is 11.6 Å². The minimum Gasteiger partial charge on any atom is -0.478 e. The summed E-state index contributed by atoms with van der Waals surface area (Å²) in [4.78, 5) is 46.2. The number of carbonyl (C=O) groups excluding carboxylic acids is 1. The fourth-order valence-corrected chi connectivity index (χ4v) is 3.69. The van der Waals surface area contributed by atoms with Gasteiger partial charge in [-0.05, 0) is 44.0 Å². The summed E-state index contributed by atoms with van der Waals surface area (Å²) in [6.07, 6.45) is 4.04. The molecule has 10 nitrogen and oxygen atoms in total. The molecule has 0 radical (unpaired) electrons. The Hall–Kier alpha value is -4.05. The predicted octanol–water partition coefficient (Wildman–Crippen LogP) is 3.09. The molecule has 10 heteroatoms. The summed E-state index contributed by atoms with van der Waals surface area (Å²) in [5.74, 6) is -2.56. The molecule has 0 aromatic heterocycles. The van der Waals surface area contributed by atoms with Gasteiger partial charge in [0.15, 0.2) is 0 Å². The summed E-state index contributed by atoms with van der Waals surface area (Å²) in [5, 5.41) is 26.4. The number of aliphatic carboxylic acids is 2. The van der Waals surface area contributed by atoms with Gasteiger partial charge in [-0.25, -0.2) is 9.59 Å². The van der Waals surface area contributed by atoms with Crippen LogP contribution in [0.15, 0.2) is 66.7 Å². The van der Waals surface area contributed by atoms with Crippen LogP contribution in [0, 0.1) is 10.1 Å². The van der Waals surface area contributed by atoms with Crippen molar-refractivity contribution in [3.63, 3.8) is 0 Å². The van der Waals surface area contributed by atoms with Gasteiger partial charge < -0.3 is 20.0 Å². The van der Waals surface area contributed by atoms with E-state index in [1.54, 1.807) is 12.1 Å². The van der Waals surface area contributed by atoms with E-state index in [4.69, 9.17) is 10.2 Å². The molecule has 35 heavy (non-hydrogen) atoms. The minimum absolute atomic E-state index is 0.00491. The van der Waals surface area contributed by atoms with Crippen molar-refractivity contribution in [3.8, 4) is 0 Å². The van der Waals surface area contributed by atoms with Crippen LogP contribution in [-0.4, -0.2) is 75.5 Å². The Kier molecular flexibility index (Phi) is 10.6. The topological polar surface area (TPSA) is 141 Å². The number of hydrogen-bond donors (Lipinski definition) is 2. The zero-order valence-electron chi connectivity index (χ0n) is 19.4. The number of amides is 1. The maximum atomic E-state index is 12.6. The highest BCUT2D eigenvalue weighted by Crippen LogP contribution is 2.19. The predicted molar refractivity (Wildman–Crippen MR) is 129 cm³/mol. The van der Waals surface area contributed by atoms with Crippen molar-refractivity contribution in [2.75, 3.05) is 26.7 Å². The molecule has 0 unspecified atom stereocenters. The third-order valence-corrected chi connectivity index (χ3v) is 5.66. The molecule has 1 heterocycles. The molecule has 2 aromatic rings. The van der Waals surface area contributed by atoms with E-state index in [-0.39, 0.29) is 11.6 Å². The number of nitro benzene ring substituents is 1. The Labute approximate surface area is 203 Å². The molecular formula is C25H29N3O7. The van der Waals surface area contributed by atoms with Gasteiger partial charge in [0.05, 0.1) is 4.92 Å². The molecule has 1 aliphatic heterocycles. The van der Waals surface area contributed by atoms with E-state index in [0.29, 0.717) is 23.8 Å². The molecule has 2 aromatic carbocycles. The summed E-state index contributed by atoms with van der Waals surface area (Å²) in [5.41, 5.74) is 1.86. The molecule has 1 fully saturated rings. The number of carbonyl (C=O) groups is 3. The van der Waals surface area contributed by atoms with Crippen LogP contribution in [0.2, 0.25) is 0 Å². The van der Waals surface area contributed by atoms with Crippen molar-refractivity contribution in [2.45, 2.75) is 25.3 Å². The summed E-state index contributed by atoms with van der Waals surface area (Å²) < 4.78 is 0. The first-order chi connectivity index (χ1) is 16.7. The number of hydrogen-bond acceptors (Lipinski definition) is 6. The number of non-ortho nitro benzene ring substituents is 1. The number of benzene rings is 2. The Morgan fingerprint density at radius 1 is 1.00 bits per heavy atom. The second-order valence-corrected chi connectivity index (χ2v) is 8.05. The van der Waals surface area contributed by atoms with E-state index in [9.17, 15) is 24.5 Å². The van der Waals surface area contributed by atoms with Crippen molar-refractivity contribution in [3.05, 3.63) is 88.0 Å². The standard InChI is InChI=1S/C21H25N3O3.C4H4O4/c1-22(14-11-17-5-3-2-4-6-17)19-12-15-23(16-13-19)21(25)18-7-9-20(10-8-18)24(26)27;5-3(6)1-2-4(7)8/h2-10,19H,11-16H2,1H3;1-2H,(H,5,6)(H,7,8)/b;2-1+. The van der Waals surface area contributed by atoms with E-state index < -0.39 is 16.9 Å². The molecule has 2 N–H and O–H groups in total. The molecule has 0 aliphatic carbocycles. The van der Waals surface area contributed by atoms with Crippen LogP contribution in [0.3, 0.4) is 0 Å². The highest BCUT2D eigenvalue weighted by molar-refractivity contribution is 5.94. The van der Waals surface area contributed by atoms with Gasteiger partial charge in [-0.15, -0.1) is 0 Å². The van der Waals surface area contributed by atoms with E-state index >= 15 is 0 Å². The average molecular weight is 484 g/mol. The molecule has 1 amide bonds. The van der Waals surface area contributed by atoms with Crippen LogP contribution in [0.4, 0.5) is 5.69 Å². The number of carboxylic acid groups (broad SMARTS) is 2. The van der Waals surface area contributed by atoms with Crippen LogP contribution in [0.25, 0.3) is 0 Å². The number of piperidine rings is 1. The summed E-state index contributed by atoms with van der Waals surface area (Å²) in [6, 6.07) is 16.8. The minimum atomic E-state index is -1.26. The Balaban J connectivity index is 0.000000466. The SMILES string of the molecule is CN(CCc1ccccc1)C1CCN(C(=O)c2ccc([N+](=O)[O-])cc2)CC1.O=C(O)/C=C/C(=O)O. The van der Waals surface area contributed by atoms with Crippen LogP contribution in [-0.2, 0) is 16.0 Å². The van der Waals surface area contributed by atoms with Crippen molar-refractivity contribution in [1.29, 1.82) is 0 Å². The van der Waals surface area contributed by atoms with Crippen molar-refractivity contribution < 1.29 is 29.5 Å². The Morgan fingerprint density at radius 3 is 2.03 bits per heavy atom. The Morgan fingerprint density at radius 2 is 1.54 bits per heavy atom. The average Bonchev–Trinajstić information content (AvgIpc) is 2.86. The van der Waals surface area contributed by atoms with E-state index in [2.05, 4.69) is 36.2 Å². The Bertz CT molecular complexity index is 1010. The molecule has 1 saturated heterocycles. The quantitative estimate of drug-likeness (QED) is 0.331. The van der Waals surface area contributed by atoms with Gasteiger partial charge >= 0.3 is 11.9 Å². The van der Waals surface area contributed by atoms with E-state index in [1.807, 2.05) is 11.0 Å². The van der Waals surface area contributed by atoms with Gasteiger partial charge in [-0.3, -0.25) is 14.9 Å². The molecule has 0 atom stereocenters. The van der Waals surface area contributed by atoms with E-state index in [0.717, 1.165) is 38.9 Å². The van der Waals surface area contributed by atoms with Crippen molar-refractivity contribution in [1.82, 2.24) is 9.80 Å². The van der Waals surface area contributed by atoms with Crippen LogP contribution < -0.4 is 0 Å². The zero-order chi connectivity index (χ0) is 25.8. The summed E-state index contributed by atoms with van der Waals surface area (Å²) in [7, 11) is 2.15. The largest absolute Gasteiger partial charge is 0.478 e. The third kappa shape index (κ3) is 9.38. The van der Waals surface area contributed by atoms with Gasteiger partial charge in [0.2, 0.25) is 0 Å². The normalized spacial score (nSPS) is 13.8. The molecule has 1 aliphatic rings. The first kappa shape index (κ1) is 27.2. The molecule has 0 spiro atoms. The van der Waals surface area contributed by atoms with Crippen LogP contribution >= 0.6 is 0 Å². The molecule has 3 rings (SSSR count). The van der Waals surface area contributed by atoms with Crippen molar-refractivity contribution >= 4 is 23.5 Å². The molecular weight excluding hydrogens is 454 g/mol. The molecule has 0 bridgehead atoms. The summed E-state index contributed by atoms with van der Waals surface area (Å²) >= 11 is 0. The lowest BCUT2D eigenvalue weighted by molar-refractivity contribution is -0.384. The highest BCUT2D eigenvalue weighted by Gasteiger charge is 2.26. The fraction of sp³-hybridized carbons (Fsp3) is 0.320. The number of likely N-dealkylation sites (N-methyl/N-ethyl adjacent to an activating group) is 1. The molecule has 186 valence electrons. The lowest BCUT2D eigenvalue weighted by Gasteiger charge is -2.37. The van der Waals surface area contributed by atoms with Gasteiger partial charge in [0, 0.05) is 55.5 Å². The number of nitrogens with zero attached hydrogens (tertiary/aromatic N) is 3. The number of rotatable bonds is 8. The smallest absolute Gasteiger partial charge is 0.328 e. The fourth-order valence-electron chi connectivity index (χ4n) is 3.69. The lowest BCUT2D eigenvalue weighted by Crippen LogP contribution is -2.46. The second kappa shape index (κ2) is 13.6. The number of nitro groups is 1. The third-order valence-electron chi connectivity index (χ3n) is 5.66. The number of likely N-dealkylation sites (tertiary alicyclic amines) is 1. The van der Waals surface area contributed by atoms with Gasteiger partial charge in [0.1, 0.15) is 0 Å². The maximum Gasteiger partial charge on any atom is 0.328 e. The van der Waals surface area contributed by atoms with E-state index in [1.165, 1.54) is 17.7 Å². The van der Waals surface area contributed by atoms with Gasteiger partial charge in [-0.1, -0.05) is 30.3 Å². The summed E-state index contributed by atoms with van der Waals surface area (Å²) in [6.45, 7) is 2.44. The first-order valence-corrected chi connectivity index (χ1v) is 11.1. The monoisotopic (exact) mass is 483 g/mol. The highest BCUT2D eigenvalue weighted by atomic mass is 16.6. The van der Waals surface area contributed by atoms with Crippen LogP contribution in [0.1, 0.15) is 28.8 Å². The molecule has 0 saturated carbocycles. The van der Waals surface area contributed by atoms with Crippen LogP contribution in [0.5, 0.6) is 0 Å². The van der Waals surface area contributed by atoms with Gasteiger partial charge in [-0.2, -0.15) is 0 Å². The zero-order valence-corrected chi connectivity index (χ0v) is 19.4. The second-order valence-electron chi connectivity index (χ2n) is 8.05. The lowest BCUT2D eigenvalue weighted by atomic mass is 10.0. The maximum absolute atomic E-state index is 12.6. The number of carboxylic acids is 2. The van der Waals surface area contributed by atoms with Crippen molar-refractivity contribution in [2.24, 2.45) is 0 Å². The first-order valence-electron chi connectivity index (χ1n) is 11.1.